The van der Waals surface area contributed by atoms with Gasteiger partial charge in [-0.25, -0.2) is 9.59 Å². The summed E-state index contributed by atoms with van der Waals surface area (Å²) in [6.45, 7) is 5.74. The third kappa shape index (κ3) is 8.28. The number of nitriles is 2. The van der Waals surface area contributed by atoms with Crippen molar-refractivity contribution in [2.24, 2.45) is 0 Å². The SMILES string of the molecule is CCCCO[C@H]1CC[C@H](OC(=O)c2ccc(C(=O)O[C@H]3CC[C@H](OCCCC)CC3)c(C#N)c2C#N)CC1. The van der Waals surface area contributed by atoms with E-state index in [1.165, 1.54) is 12.1 Å². The van der Waals surface area contributed by atoms with E-state index < -0.39 is 11.9 Å². The molecule has 2 saturated carbocycles. The minimum absolute atomic E-state index is 0.00773. The predicted molar refractivity (Wildman–Crippen MR) is 141 cm³/mol. The van der Waals surface area contributed by atoms with E-state index in [2.05, 4.69) is 13.8 Å². The largest absolute Gasteiger partial charge is 0.459 e. The Morgan fingerprint density at radius 1 is 0.684 bits per heavy atom. The van der Waals surface area contributed by atoms with Gasteiger partial charge in [0, 0.05) is 13.2 Å². The zero-order valence-electron chi connectivity index (χ0n) is 22.7. The number of carbonyl (C=O) groups is 2. The first kappa shape index (κ1) is 29.6. The summed E-state index contributed by atoms with van der Waals surface area (Å²) < 4.78 is 23.1. The van der Waals surface area contributed by atoms with E-state index in [0.29, 0.717) is 25.7 Å². The summed E-state index contributed by atoms with van der Waals surface area (Å²) in [4.78, 5) is 25.9. The minimum atomic E-state index is -0.658. The molecule has 0 unspecified atom stereocenters. The van der Waals surface area contributed by atoms with Crippen LogP contribution in [-0.2, 0) is 18.9 Å². The Balaban J connectivity index is 1.58. The third-order valence-electron chi connectivity index (χ3n) is 7.36. The molecule has 0 N–H and O–H groups in total. The van der Waals surface area contributed by atoms with Gasteiger partial charge in [0.05, 0.1) is 34.5 Å². The molecule has 1 aromatic carbocycles. The van der Waals surface area contributed by atoms with Gasteiger partial charge in [-0.15, -0.1) is 0 Å². The van der Waals surface area contributed by atoms with Crippen LogP contribution < -0.4 is 0 Å². The number of hydrogen-bond acceptors (Lipinski definition) is 8. The third-order valence-corrected chi connectivity index (χ3v) is 7.36. The number of unbranched alkanes of at least 4 members (excludes halogenated alkanes) is 2. The molecule has 38 heavy (non-hydrogen) atoms. The van der Waals surface area contributed by atoms with Crippen LogP contribution >= 0.6 is 0 Å². The highest BCUT2D eigenvalue weighted by molar-refractivity contribution is 5.98. The first-order valence-electron chi connectivity index (χ1n) is 14.1. The molecule has 8 heteroatoms. The zero-order valence-corrected chi connectivity index (χ0v) is 22.7. The summed E-state index contributed by atoms with van der Waals surface area (Å²) >= 11 is 0. The normalized spacial score (nSPS) is 23.2. The molecule has 0 aliphatic heterocycles. The fourth-order valence-electron chi connectivity index (χ4n) is 5.03. The first-order chi connectivity index (χ1) is 18.5. The molecule has 2 aliphatic rings. The number of hydrogen-bond donors (Lipinski definition) is 0. The Kier molecular flexibility index (Phi) is 12.1. The predicted octanol–water partition coefficient (Wildman–Crippen LogP) is 6.00. The van der Waals surface area contributed by atoms with E-state index in [1.807, 2.05) is 12.1 Å². The second-order valence-electron chi connectivity index (χ2n) is 10.2. The van der Waals surface area contributed by atoms with Gasteiger partial charge in [-0.2, -0.15) is 10.5 Å². The van der Waals surface area contributed by atoms with Gasteiger partial charge < -0.3 is 18.9 Å². The Bertz CT molecular complexity index is 930. The highest BCUT2D eigenvalue weighted by Crippen LogP contribution is 2.28. The molecule has 1 aromatic rings. The molecule has 0 radical (unpaired) electrons. The number of carbonyl (C=O) groups excluding carboxylic acids is 2. The molecule has 0 spiro atoms. The Morgan fingerprint density at radius 3 is 1.34 bits per heavy atom. The van der Waals surface area contributed by atoms with Crippen molar-refractivity contribution in [1.82, 2.24) is 0 Å². The van der Waals surface area contributed by atoms with Gasteiger partial charge >= 0.3 is 11.9 Å². The summed E-state index contributed by atoms with van der Waals surface area (Å²) in [5, 5.41) is 19.6. The fourth-order valence-corrected chi connectivity index (χ4v) is 5.03. The van der Waals surface area contributed by atoms with E-state index in [1.54, 1.807) is 0 Å². The standard InChI is InChI=1S/C30H40N2O6/c1-3-5-17-35-21-7-11-23(12-8-21)37-29(33)25-15-16-26(28(20-32)27(25)19-31)30(34)38-24-13-9-22(10-14-24)36-18-6-4-2/h15-16,21-24H,3-14,17-18H2,1-2H3/t21-,22-,23-,24-. The highest BCUT2D eigenvalue weighted by atomic mass is 16.5. The lowest BCUT2D eigenvalue weighted by Crippen LogP contribution is -2.29. The number of benzene rings is 1. The molecular weight excluding hydrogens is 484 g/mol. The second kappa shape index (κ2) is 15.5. The van der Waals surface area contributed by atoms with E-state index in [9.17, 15) is 20.1 Å². The van der Waals surface area contributed by atoms with Crippen LogP contribution in [0.5, 0.6) is 0 Å². The van der Waals surface area contributed by atoms with E-state index in [4.69, 9.17) is 18.9 Å². The fraction of sp³-hybridized carbons (Fsp3) is 0.667. The maximum Gasteiger partial charge on any atom is 0.339 e. The highest BCUT2D eigenvalue weighted by Gasteiger charge is 2.30. The molecule has 0 amide bonds. The average Bonchev–Trinajstić information content (AvgIpc) is 2.94. The molecule has 3 rings (SSSR count). The molecular formula is C30H40N2O6. The average molecular weight is 525 g/mol. The number of nitrogens with zero attached hydrogens (tertiary/aromatic N) is 2. The van der Waals surface area contributed by atoms with E-state index in [-0.39, 0.29) is 46.7 Å². The molecule has 0 saturated heterocycles. The van der Waals surface area contributed by atoms with Crippen LogP contribution in [0.4, 0.5) is 0 Å². The van der Waals surface area contributed by atoms with E-state index >= 15 is 0 Å². The van der Waals surface area contributed by atoms with Gasteiger partial charge in [0.25, 0.3) is 0 Å². The maximum atomic E-state index is 12.9. The Hall–Kier alpha value is -2.94. The Morgan fingerprint density at radius 2 is 1.03 bits per heavy atom. The van der Waals surface area contributed by atoms with Gasteiger partial charge in [-0.3, -0.25) is 0 Å². The van der Waals surface area contributed by atoms with Crippen LogP contribution in [0.3, 0.4) is 0 Å². The van der Waals surface area contributed by atoms with Gasteiger partial charge in [-0.1, -0.05) is 26.7 Å². The van der Waals surface area contributed by atoms with Crippen molar-refractivity contribution >= 4 is 11.9 Å². The van der Waals surface area contributed by atoms with Gasteiger partial charge in [-0.05, 0) is 76.3 Å². The number of esters is 2. The van der Waals surface area contributed by atoms with Crippen molar-refractivity contribution in [3.63, 3.8) is 0 Å². The second-order valence-corrected chi connectivity index (χ2v) is 10.2. The van der Waals surface area contributed by atoms with Crippen LogP contribution in [0.25, 0.3) is 0 Å². The van der Waals surface area contributed by atoms with Crippen molar-refractivity contribution in [3.8, 4) is 12.1 Å². The zero-order chi connectivity index (χ0) is 27.3. The van der Waals surface area contributed by atoms with Crippen LogP contribution in [0.1, 0.15) is 123 Å². The summed E-state index contributed by atoms with van der Waals surface area (Å²) in [5.41, 5.74) is -0.327. The lowest BCUT2D eigenvalue weighted by Gasteiger charge is -2.29. The number of ether oxygens (including phenoxy) is 4. The van der Waals surface area contributed by atoms with Crippen molar-refractivity contribution in [2.75, 3.05) is 13.2 Å². The lowest BCUT2D eigenvalue weighted by atomic mass is 9.94. The van der Waals surface area contributed by atoms with Gasteiger partial charge in [0.2, 0.25) is 0 Å². The molecule has 2 aliphatic carbocycles. The van der Waals surface area contributed by atoms with Crippen molar-refractivity contribution in [1.29, 1.82) is 10.5 Å². The summed E-state index contributed by atoms with van der Waals surface area (Å²) in [6.07, 6.45) is 10.1. The summed E-state index contributed by atoms with van der Waals surface area (Å²) in [5.74, 6) is -1.32. The quantitative estimate of drug-likeness (QED) is 0.241. The summed E-state index contributed by atoms with van der Waals surface area (Å²) in [6, 6.07) is 6.63. The van der Waals surface area contributed by atoms with Crippen LogP contribution in [0.15, 0.2) is 12.1 Å². The van der Waals surface area contributed by atoms with E-state index in [0.717, 1.165) is 64.6 Å². The van der Waals surface area contributed by atoms with Crippen molar-refractivity contribution in [3.05, 3.63) is 34.4 Å². The summed E-state index contributed by atoms with van der Waals surface area (Å²) in [7, 11) is 0. The number of rotatable bonds is 12. The molecule has 0 bridgehead atoms. The van der Waals surface area contributed by atoms with Crippen LogP contribution in [0.2, 0.25) is 0 Å². The Labute approximate surface area is 226 Å². The monoisotopic (exact) mass is 524 g/mol. The first-order valence-corrected chi connectivity index (χ1v) is 14.1. The molecule has 0 atom stereocenters. The minimum Gasteiger partial charge on any atom is -0.459 e. The van der Waals surface area contributed by atoms with Crippen LogP contribution in [0, 0.1) is 22.7 Å². The van der Waals surface area contributed by atoms with Crippen molar-refractivity contribution < 1.29 is 28.5 Å². The van der Waals surface area contributed by atoms with Crippen LogP contribution in [-0.4, -0.2) is 49.6 Å². The molecule has 0 heterocycles. The molecule has 2 fully saturated rings. The maximum absolute atomic E-state index is 12.9. The van der Waals surface area contributed by atoms with Gasteiger partial charge in [0.15, 0.2) is 0 Å². The topological polar surface area (TPSA) is 119 Å². The lowest BCUT2D eigenvalue weighted by molar-refractivity contribution is -0.0205. The van der Waals surface area contributed by atoms with Gasteiger partial charge in [0.1, 0.15) is 24.3 Å². The molecule has 0 aromatic heterocycles. The van der Waals surface area contributed by atoms with Crippen molar-refractivity contribution in [2.45, 2.75) is 115 Å². The molecule has 8 nitrogen and oxygen atoms in total. The molecule has 206 valence electrons. The smallest absolute Gasteiger partial charge is 0.339 e.